The van der Waals surface area contributed by atoms with E-state index in [1.54, 1.807) is 0 Å². The number of rotatable bonds is 2. The molecule has 0 bridgehead atoms. The summed E-state index contributed by atoms with van der Waals surface area (Å²) in [6.45, 7) is 10.4. The van der Waals surface area contributed by atoms with E-state index in [9.17, 15) is 0 Å². The van der Waals surface area contributed by atoms with Crippen LogP contribution in [0, 0.1) is 5.92 Å². The zero-order valence-electron chi connectivity index (χ0n) is 10.2. The van der Waals surface area contributed by atoms with Crippen molar-refractivity contribution in [2.75, 3.05) is 19.6 Å². The topological polar surface area (TPSA) is 29.3 Å². The van der Waals surface area contributed by atoms with E-state index in [1.807, 2.05) is 0 Å². The summed E-state index contributed by atoms with van der Waals surface area (Å²) in [5, 5.41) is 1.54. The summed E-state index contributed by atoms with van der Waals surface area (Å²) in [7, 11) is 0. The third kappa shape index (κ3) is 2.20. The molecule has 1 saturated carbocycles. The highest BCUT2D eigenvalue weighted by Gasteiger charge is 2.47. The number of hydrogen-bond donors (Lipinski definition) is 1. The highest BCUT2D eigenvalue weighted by Crippen LogP contribution is 2.44. The highest BCUT2D eigenvalue weighted by atomic mass is 32.2. The highest BCUT2D eigenvalue weighted by molar-refractivity contribution is 8.00. The number of nitrogens with zero attached hydrogens (tertiary/aromatic N) is 1. The number of nitrogens with two attached hydrogens (primary N) is 1. The second kappa shape index (κ2) is 4.27. The Morgan fingerprint density at radius 1 is 1.20 bits per heavy atom. The van der Waals surface area contributed by atoms with Crippen molar-refractivity contribution in [1.82, 2.24) is 4.90 Å². The summed E-state index contributed by atoms with van der Waals surface area (Å²) in [6.07, 6.45) is 2.63. The Balaban J connectivity index is 2.02. The first kappa shape index (κ1) is 11.7. The van der Waals surface area contributed by atoms with Crippen molar-refractivity contribution < 1.29 is 0 Å². The van der Waals surface area contributed by atoms with E-state index in [4.69, 9.17) is 5.73 Å². The van der Waals surface area contributed by atoms with Gasteiger partial charge < -0.3 is 5.73 Å². The lowest BCUT2D eigenvalue weighted by atomic mass is 9.68. The van der Waals surface area contributed by atoms with E-state index in [0.717, 1.165) is 23.0 Å². The van der Waals surface area contributed by atoms with Crippen LogP contribution in [0.4, 0.5) is 0 Å². The molecule has 1 aliphatic carbocycles. The second-order valence-corrected chi connectivity index (χ2v) is 7.49. The minimum atomic E-state index is 0.364. The second-order valence-electron chi connectivity index (χ2n) is 5.60. The summed E-state index contributed by atoms with van der Waals surface area (Å²) in [6, 6.07) is 0. The Labute approximate surface area is 98.0 Å². The Morgan fingerprint density at radius 2 is 1.73 bits per heavy atom. The Bertz CT molecular complexity index is 216. The fraction of sp³-hybridized carbons (Fsp3) is 1.00. The Kier molecular flexibility index (Phi) is 3.34. The zero-order valence-corrected chi connectivity index (χ0v) is 11.0. The average molecular weight is 228 g/mol. The molecule has 1 heterocycles. The van der Waals surface area contributed by atoms with E-state index >= 15 is 0 Å². The van der Waals surface area contributed by atoms with Crippen LogP contribution >= 0.6 is 11.8 Å². The minimum absolute atomic E-state index is 0.364. The van der Waals surface area contributed by atoms with Gasteiger partial charge in [0, 0.05) is 35.7 Å². The van der Waals surface area contributed by atoms with Crippen molar-refractivity contribution in [1.29, 1.82) is 0 Å². The van der Waals surface area contributed by atoms with E-state index in [-0.39, 0.29) is 0 Å². The molecule has 0 aromatic carbocycles. The van der Waals surface area contributed by atoms with Gasteiger partial charge in [0.1, 0.15) is 0 Å². The molecule has 3 heteroatoms. The SMILES string of the molecule is CC1CC(CN)(N2CC(C)SC(C)C2)C1. The van der Waals surface area contributed by atoms with Gasteiger partial charge in [-0.2, -0.15) is 11.8 Å². The van der Waals surface area contributed by atoms with Gasteiger partial charge in [-0.3, -0.25) is 4.90 Å². The monoisotopic (exact) mass is 228 g/mol. The van der Waals surface area contributed by atoms with Gasteiger partial charge in [0.2, 0.25) is 0 Å². The molecule has 88 valence electrons. The summed E-state index contributed by atoms with van der Waals surface area (Å²) in [4.78, 5) is 2.68. The summed E-state index contributed by atoms with van der Waals surface area (Å²) >= 11 is 2.12. The first-order valence-electron chi connectivity index (χ1n) is 6.16. The average Bonchev–Trinajstić information content (AvgIpc) is 2.10. The van der Waals surface area contributed by atoms with E-state index in [2.05, 4.69) is 37.4 Å². The van der Waals surface area contributed by atoms with E-state index in [0.29, 0.717) is 5.54 Å². The normalized spacial score (nSPS) is 47.6. The van der Waals surface area contributed by atoms with E-state index < -0.39 is 0 Å². The molecule has 0 spiro atoms. The fourth-order valence-corrected chi connectivity index (χ4v) is 4.68. The molecule has 0 radical (unpaired) electrons. The maximum absolute atomic E-state index is 6.00. The molecule has 2 rings (SSSR count). The maximum atomic E-state index is 6.00. The Morgan fingerprint density at radius 3 is 2.13 bits per heavy atom. The lowest BCUT2D eigenvalue weighted by molar-refractivity contribution is -0.0135. The summed E-state index contributed by atoms with van der Waals surface area (Å²) < 4.78 is 0. The molecule has 0 amide bonds. The predicted octanol–water partition coefficient (Wildman–Crippen LogP) is 1.94. The van der Waals surface area contributed by atoms with Crippen LogP contribution in [-0.2, 0) is 0 Å². The molecular weight excluding hydrogens is 204 g/mol. The smallest absolute Gasteiger partial charge is 0.0337 e. The van der Waals surface area contributed by atoms with Gasteiger partial charge in [-0.15, -0.1) is 0 Å². The maximum Gasteiger partial charge on any atom is 0.0337 e. The van der Waals surface area contributed by atoms with Gasteiger partial charge in [0.05, 0.1) is 0 Å². The van der Waals surface area contributed by atoms with Gasteiger partial charge in [0.15, 0.2) is 0 Å². The predicted molar refractivity (Wildman–Crippen MR) is 68.3 cm³/mol. The molecule has 2 nitrogen and oxygen atoms in total. The van der Waals surface area contributed by atoms with Crippen molar-refractivity contribution in [2.24, 2.45) is 11.7 Å². The molecule has 1 aliphatic heterocycles. The molecule has 2 unspecified atom stereocenters. The molecule has 15 heavy (non-hydrogen) atoms. The zero-order chi connectivity index (χ0) is 11.1. The van der Waals surface area contributed by atoms with Crippen LogP contribution in [0.1, 0.15) is 33.6 Å². The molecule has 2 fully saturated rings. The van der Waals surface area contributed by atoms with Gasteiger partial charge in [-0.25, -0.2) is 0 Å². The molecule has 0 aromatic heterocycles. The van der Waals surface area contributed by atoms with Crippen molar-refractivity contribution >= 4 is 11.8 Å². The molecular formula is C12H24N2S. The Hall–Kier alpha value is 0.270. The van der Waals surface area contributed by atoms with Gasteiger partial charge in [-0.1, -0.05) is 20.8 Å². The van der Waals surface area contributed by atoms with Gasteiger partial charge in [0.25, 0.3) is 0 Å². The molecule has 2 N–H and O–H groups in total. The summed E-state index contributed by atoms with van der Waals surface area (Å²) in [5.74, 6) is 0.883. The van der Waals surface area contributed by atoms with Gasteiger partial charge in [-0.05, 0) is 18.8 Å². The molecule has 2 aliphatic rings. The summed E-state index contributed by atoms with van der Waals surface area (Å²) in [5.41, 5.74) is 6.37. The molecule has 1 saturated heterocycles. The van der Waals surface area contributed by atoms with Crippen molar-refractivity contribution in [3.8, 4) is 0 Å². The van der Waals surface area contributed by atoms with Crippen molar-refractivity contribution in [3.63, 3.8) is 0 Å². The van der Waals surface area contributed by atoms with Crippen LogP contribution in [-0.4, -0.2) is 40.6 Å². The van der Waals surface area contributed by atoms with Gasteiger partial charge >= 0.3 is 0 Å². The third-order valence-electron chi connectivity index (χ3n) is 3.93. The number of thioether (sulfide) groups is 1. The minimum Gasteiger partial charge on any atom is -0.329 e. The van der Waals surface area contributed by atoms with Crippen LogP contribution in [0.15, 0.2) is 0 Å². The van der Waals surface area contributed by atoms with Crippen molar-refractivity contribution in [2.45, 2.75) is 49.7 Å². The van der Waals surface area contributed by atoms with Crippen LogP contribution in [0.2, 0.25) is 0 Å². The number of hydrogen-bond acceptors (Lipinski definition) is 3. The molecule has 0 aromatic rings. The largest absolute Gasteiger partial charge is 0.329 e. The standard InChI is InChI=1S/C12H24N2S/c1-9-4-12(5-9,8-13)14-6-10(2)15-11(3)7-14/h9-11H,4-8,13H2,1-3H3. The first-order valence-corrected chi connectivity index (χ1v) is 7.10. The lowest BCUT2D eigenvalue weighted by Gasteiger charge is -2.56. The van der Waals surface area contributed by atoms with E-state index in [1.165, 1.54) is 25.9 Å². The van der Waals surface area contributed by atoms with Crippen LogP contribution in [0.3, 0.4) is 0 Å². The van der Waals surface area contributed by atoms with Crippen LogP contribution in [0.5, 0.6) is 0 Å². The lowest BCUT2D eigenvalue weighted by Crippen LogP contribution is -2.64. The first-order chi connectivity index (χ1) is 7.05. The quantitative estimate of drug-likeness (QED) is 0.783. The van der Waals surface area contributed by atoms with Crippen LogP contribution < -0.4 is 5.73 Å². The van der Waals surface area contributed by atoms with Crippen molar-refractivity contribution in [3.05, 3.63) is 0 Å². The molecule has 2 atom stereocenters. The fourth-order valence-electron chi connectivity index (χ4n) is 3.36. The third-order valence-corrected chi connectivity index (χ3v) is 5.15. The van der Waals surface area contributed by atoms with Crippen LogP contribution in [0.25, 0.3) is 0 Å².